The number of hydrogen-bond donors (Lipinski definition) is 2. The summed E-state index contributed by atoms with van der Waals surface area (Å²) in [5, 5.41) is 3.11. The first-order chi connectivity index (χ1) is 11.9. The summed E-state index contributed by atoms with van der Waals surface area (Å²) in [6.07, 6.45) is 2.94. The zero-order valence-electron chi connectivity index (χ0n) is 13.7. The van der Waals surface area contributed by atoms with Crippen LogP contribution in [0.3, 0.4) is 0 Å². The van der Waals surface area contributed by atoms with E-state index in [1.165, 1.54) is 12.3 Å². The highest BCUT2D eigenvalue weighted by molar-refractivity contribution is 6.28. The highest BCUT2D eigenvalue weighted by Gasteiger charge is 2.22. The minimum atomic E-state index is -0.461. The molecule has 3 N–H and O–H groups in total. The SMILES string of the molecule is C[C@H](N)Cc1c(F)c2c(NCc3ccncc3F)nc(Cl)nc2n1C. The monoisotopic (exact) mass is 366 g/mol. The van der Waals surface area contributed by atoms with E-state index < -0.39 is 11.6 Å². The van der Waals surface area contributed by atoms with E-state index >= 15 is 0 Å². The van der Waals surface area contributed by atoms with Crippen LogP contribution in [0.2, 0.25) is 5.28 Å². The Bertz CT molecular complexity index is 925. The maximum absolute atomic E-state index is 14.9. The lowest BCUT2D eigenvalue weighted by atomic mass is 10.2. The summed E-state index contributed by atoms with van der Waals surface area (Å²) in [4.78, 5) is 11.9. The van der Waals surface area contributed by atoms with Gasteiger partial charge in [-0.25, -0.2) is 8.78 Å². The van der Waals surface area contributed by atoms with E-state index in [0.29, 0.717) is 23.3 Å². The van der Waals surface area contributed by atoms with Gasteiger partial charge in [0.05, 0.1) is 17.3 Å². The summed E-state index contributed by atoms with van der Waals surface area (Å²) in [7, 11) is 1.69. The van der Waals surface area contributed by atoms with Crippen molar-refractivity contribution in [1.82, 2.24) is 19.5 Å². The number of halogens is 3. The van der Waals surface area contributed by atoms with Crippen molar-refractivity contribution < 1.29 is 8.78 Å². The second-order valence-electron chi connectivity index (χ2n) is 5.86. The van der Waals surface area contributed by atoms with Gasteiger partial charge in [0.2, 0.25) is 5.28 Å². The molecule has 0 radical (unpaired) electrons. The summed E-state index contributed by atoms with van der Waals surface area (Å²) in [6.45, 7) is 1.90. The Balaban J connectivity index is 2.04. The van der Waals surface area contributed by atoms with Crippen LogP contribution in [0.1, 0.15) is 18.2 Å². The molecule has 132 valence electrons. The molecule has 0 bridgehead atoms. The van der Waals surface area contributed by atoms with Gasteiger partial charge in [-0.2, -0.15) is 9.97 Å². The van der Waals surface area contributed by atoms with Gasteiger partial charge in [-0.3, -0.25) is 4.98 Å². The molecule has 0 fully saturated rings. The van der Waals surface area contributed by atoms with Gasteiger partial charge in [-0.05, 0) is 24.6 Å². The van der Waals surface area contributed by atoms with E-state index in [4.69, 9.17) is 17.3 Å². The lowest BCUT2D eigenvalue weighted by Gasteiger charge is -2.08. The van der Waals surface area contributed by atoms with Crippen LogP contribution in [0, 0.1) is 11.6 Å². The number of nitrogens with one attached hydrogen (secondary N) is 1. The summed E-state index contributed by atoms with van der Waals surface area (Å²) < 4.78 is 30.3. The van der Waals surface area contributed by atoms with Crippen LogP contribution < -0.4 is 11.1 Å². The van der Waals surface area contributed by atoms with Gasteiger partial charge in [0, 0.05) is 37.8 Å². The van der Waals surface area contributed by atoms with Crippen LogP contribution in [0.25, 0.3) is 11.0 Å². The van der Waals surface area contributed by atoms with Gasteiger partial charge >= 0.3 is 0 Å². The van der Waals surface area contributed by atoms with Crippen molar-refractivity contribution >= 4 is 28.5 Å². The highest BCUT2D eigenvalue weighted by atomic mass is 35.5. The maximum atomic E-state index is 14.9. The molecule has 0 aromatic carbocycles. The zero-order chi connectivity index (χ0) is 18.1. The molecule has 0 saturated heterocycles. The topological polar surface area (TPSA) is 81.7 Å². The first-order valence-electron chi connectivity index (χ1n) is 7.66. The molecule has 3 aromatic heterocycles. The average Bonchev–Trinajstić information content (AvgIpc) is 2.78. The van der Waals surface area contributed by atoms with Gasteiger partial charge < -0.3 is 15.6 Å². The Morgan fingerprint density at radius 3 is 2.80 bits per heavy atom. The molecule has 3 heterocycles. The molecule has 3 aromatic rings. The molecule has 0 amide bonds. The molecular weight excluding hydrogens is 350 g/mol. The summed E-state index contributed by atoms with van der Waals surface area (Å²) in [5.41, 5.74) is 6.95. The molecule has 0 aliphatic heterocycles. The second-order valence-corrected chi connectivity index (χ2v) is 6.20. The molecule has 3 rings (SSSR count). The Labute approximate surface area is 148 Å². The smallest absolute Gasteiger partial charge is 0.226 e. The number of hydrogen-bond acceptors (Lipinski definition) is 5. The first kappa shape index (κ1) is 17.5. The van der Waals surface area contributed by atoms with Crippen LogP contribution in [-0.2, 0) is 20.0 Å². The van der Waals surface area contributed by atoms with Gasteiger partial charge in [0.1, 0.15) is 17.3 Å². The minimum absolute atomic E-state index is 0.0295. The van der Waals surface area contributed by atoms with E-state index in [0.717, 1.165) is 6.20 Å². The number of aromatic nitrogens is 4. The number of fused-ring (bicyclic) bond motifs is 1. The Kier molecular flexibility index (Phi) is 4.82. The lowest BCUT2D eigenvalue weighted by molar-refractivity contribution is 0.586. The molecule has 0 aliphatic carbocycles. The predicted octanol–water partition coefficient (Wildman–Crippen LogP) is 2.80. The number of nitrogens with two attached hydrogens (primary N) is 1. The van der Waals surface area contributed by atoms with E-state index in [1.807, 2.05) is 0 Å². The molecule has 25 heavy (non-hydrogen) atoms. The van der Waals surface area contributed by atoms with Crippen molar-refractivity contribution in [2.45, 2.75) is 25.9 Å². The number of pyridine rings is 1. The quantitative estimate of drug-likeness (QED) is 0.678. The van der Waals surface area contributed by atoms with Crippen LogP contribution in [0.5, 0.6) is 0 Å². The molecule has 1 atom stereocenters. The molecule has 0 unspecified atom stereocenters. The number of nitrogens with zero attached hydrogens (tertiary/aromatic N) is 4. The van der Waals surface area contributed by atoms with Gasteiger partial charge in [-0.1, -0.05) is 0 Å². The van der Waals surface area contributed by atoms with Crippen molar-refractivity contribution in [3.05, 3.63) is 46.6 Å². The third-order valence-corrected chi connectivity index (χ3v) is 4.05. The molecule has 0 aliphatic rings. The maximum Gasteiger partial charge on any atom is 0.226 e. The Morgan fingerprint density at radius 2 is 2.12 bits per heavy atom. The van der Waals surface area contributed by atoms with E-state index in [9.17, 15) is 8.78 Å². The summed E-state index contributed by atoms with van der Waals surface area (Å²) in [5.74, 6) is -0.711. The summed E-state index contributed by atoms with van der Waals surface area (Å²) in [6, 6.07) is 1.31. The van der Waals surface area contributed by atoms with Crippen LogP contribution >= 0.6 is 11.6 Å². The molecule has 9 heteroatoms. The normalized spacial score (nSPS) is 12.6. The molecule has 6 nitrogen and oxygen atoms in total. The van der Waals surface area contributed by atoms with Crippen molar-refractivity contribution in [1.29, 1.82) is 0 Å². The second kappa shape index (κ2) is 6.89. The minimum Gasteiger partial charge on any atom is -0.365 e. The van der Waals surface area contributed by atoms with Crippen molar-refractivity contribution in [2.24, 2.45) is 12.8 Å². The standard InChI is InChI=1S/C16H17ClF2N6/c1-8(20)5-11-13(19)12-14(23-16(17)24-15(12)25(11)2)22-6-9-3-4-21-7-10(9)18/h3-4,7-8H,5-6,20H2,1-2H3,(H,22,23,24)/t8-/m0/s1. The van der Waals surface area contributed by atoms with Crippen LogP contribution in [0.4, 0.5) is 14.6 Å². The number of anilines is 1. The fraction of sp³-hybridized carbons (Fsp3) is 0.312. The fourth-order valence-corrected chi connectivity index (χ4v) is 2.84. The van der Waals surface area contributed by atoms with Crippen molar-refractivity contribution in [2.75, 3.05) is 5.32 Å². The lowest BCUT2D eigenvalue weighted by Crippen LogP contribution is -2.20. The zero-order valence-corrected chi connectivity index (χ0v) is 14.5. The Hall–Kier alpha value is -2.32. The molecular formula is C16H17ClF2N6. The molecule has 0 saturated carbocycles. The number of rotatable bonds is 5. The van der Waals surface area contributed by atoms with E-state index in [-0.39, 0.29) is 29.1 Å². The Morgan fingerprint density at radius 1 is 1.36 bits per heavy atom. The van der Waals surface area contributed by atoms with Gasteiger partial charge in [-0.15, -0.1) is 0 Å². The van der Waals surface area contributed by atoms with Crippen molar-refractivity contribution in [3.8, 4) is 0 Å². The van der Waals surface area contributed by atoms with Gasteiger partial charge in [0.25, 0.3) is 0 Å². The van der Waals surface area contributed by atoms with E-state index in [2.05, 4.69) is 20.3 Å². The number of aryl methyl sites for hydroxylation is 1. The van der Waals surface area contributed by atoms with Crippen LogP contribution in [-0.4, -0.2) is 25.6 Å². The van der Waals surface area contributed by atoms with E-state index in [1.54, 1.807) is 18.5 Å². The summed E-state index contributed by atoms with van der Waals surface area (Å²) >= 11 is 5.97. The van der Waals surface area contributed by atoms with Crippen LogP contribution in [0.15, 0.2) is 18.5 Å². The molecule has 0 spiro atoms. The van der Waals surface area contributed by atoms with Crippen molar-refractivity contribution in [3.63, 3.8) is 0 Å². The highest BCUT2D eigenvalue weighted by Crippen LogP contribution is 2.30. The third kappa shape index (κ3) is 3.40. The predicted molar refractivity (Wildman–Crippen MR) is 92.4 cm³/mol. The first-order valence-corrected chi connectivity index (χ1v) is 8.04. The van der Waals surface area contributed by atoms with Gasteiger partial charge in [0.15, 0.2) is 5.82 Å². The average molecular weight is 367 g/mol. The fourth-order valence-electron chi connectivity index (χ4n) is 2.67. The third-order valence-electron chi connectivity index (χ3n) is 3.88. The largest absolute Gasteiger partial charge is 0.365 e.